The Balaban J connectivity index is 1.49. The third kappa shape index (κ3) is 12.4. The van der Waals surface area contributed by atoms with E-state index in [0.717, 1.165) is 37.2 Å². The van der Waals surface area contributed by atoms with E-state index in [1.807, 2.05) is 24.3 Å². The van der Waals surface area contributed by atoms with Crippen LogP contribution in [-0.2, 0) is 0 Å². The van der Waals surface area contributed by atoms with Crippen LogP contribution in [0.5, 0.6) is 5.75 Å². The normalized spacial score (nSPS) is 14.6. The fourth-order valence-electron chi connectivity index (χ4n) is 4.06. The number of nitrogens with zero attached hydrogens (tertiary/aromatic N) is 1. The first-order chi connectivity index (χ1) is 15.3. The Labute approximate surface area is 189 Å². The highest BCUT2D eigenvalue weighted by Gasteiger charge is 2.14. The van der Waals surface area contributed by atoms with Gasteiger partial charge in [0.15, 0.2) is 0 Å². The maximum absolute atomic E-state index is 11.9. The van der Waals surface area contributed by atoms with Crippen molar-refractivity contribution in [1.29, 1.82) is 0 Å². The first-order valence-corrected chi connectivity index (χ1v) is 12.6. The number of urea groups is 1. The fourth-order valence-corrected chi connectivity index (χ4v) is 4.06. The second-order valence-electron chi connectivity index (χ2n) is 8.78. The van der Waals surface area contributed by atoms with Gasteiger partial charge < -0.3 is 10.1 Å². The van der Waals surface area contributed by atoms with Crippen molar-refractivity contribution in [3.05, 3.63) is 29.8 Å². The number of carbonyl (C=O) groups excluding carboxylic acids is 1. The smallest absolute Gasteiger partial charge is 0.335 e. The minimum absolute atomic E-state index is 0.223. The monoisotopic (exact) mass is 429 g/mol. The third-order valence-corrected chi connectivity index (χ3v) is 5.97. The number of amides is 2. The minimum Gasteiger partial charge on any atom is -0.494 e. The van der Waals surface area contributed by atoms with Gasteiger partial charge in [-0.05, 0) is 49.1 Å². The second kappa shape index (κ2) is 16.6. The van der Waals surface area contributed by atoms with Crippen LogP contribution < -0.4 is 15.5 Å². The van der Waals surface area contributed by atoms with Crippen molar-refractivity contribution in [2.45, 2.75) is 109 Å². The van der Waals surface area contributed by atoms with E-state index in [-0.39, 0.29) is 12.1 Å². The summed E-state index contributed by atoms with van der Waals surface area (Å²) >= 11 is 0. The lowest BCUT2D eigenvalue weighted by Gasteiger charge is -2.22. The van der Waals surface area contributed by atoms with Crippen molar-refractivity contribution in [1.82, 2.24) is 10.7 Å². The van der Waals surface area contributed by atoms with Crippen LogP contribution in [0, 0.1) is 0 Å². The summed E-state index contributed by atoms with van der Waals surface area (Å²) in [5.74, 6) is 0.885. The van der Waals surface area contributed by atoms with Gasteiger partial charge in [0.2, 0.25) is 0 Å². The number of carbonyl (C=O) groups is 1. The summed E-state index contributed by atoms with van der Waals surface area (Å²) in [7, 11) is 0. The maximum atomic E-state index is 11.9. The first-order valence-electron chi connectivity index (χ1n) is 12.6. The molecule has 0 radical (unpaired) electrons. The van der Waals surface area contributed by atoms with Gasteiger partial charge >= 0.3 is 6.03 Å². The Morgan fingerprint density at radius 2 is 1.55 bits per heavy atom. The number of unbranched alkanes of at least 4 members (excludes halogenated alkanes) is 9. The number of nitrogens with one attached hydrogen (secondary N) is 2. The van der Waals surface area contributed by atoms with Crippen molar-refractivity contribution < 1.29 is 9.53 Å². The summed E-state index contributed by atoms with van der Waals surface area (Å²) in [6.07, 6.45) is 20.8. The number of hydrogen-bond donors (Lipinski definition) is 2. The number of ether oxygens (including phenoxy) is 1. The molecule has 0 spiro atoms. The lowest BCUT2D eigenvalue weighted by Crippen LogP contribution is -2.41. The molecule has 0 heterocycles. The molecule has 0 bridgehead atoms. The number of benzene rings is 1. The molecule has 0 saturated heterocycles. The summed E-state index contributed by atoms with van der Waals surface area (Å²) in [4.78, 5) is 11.9. The van der Waals surface area contributed by atoms with Crippen LogP contribution in [-0.4, -0.2) is 24.9 Å². The standard InChI is InChI=1S/C26H43N3O2/c1-2-3-4-5-6-7-8-9-10-14-21-31-25-19-17-23(18-20-25)22-27-29-26(30)28-24-15-12-11-13-16-24/h17-20,22,24H,2-16,21H2,1H3,(H2,28,29,30)/b27-22-. The van der Waals surface area contributed by atoms with Gasteiger partial charge in [0.25, 0.3) is 0 Å². The number of hydrazone groups is 1. The third-order valence-electron chi connectivity index (χ3n) is 5.97. The van der Waals surface area contributed by atoms with Gasteiger partial charge in [-0.1, -0.05) is 84.0 Å². The molecule has 1 saturated carbocycles. The highest BCUT2D eigenvalue weighted by Crippen LogP contribution is 2.17. The topological polar surface area (TPSA) is 62.7 Å². The molecule has 5 heteroatoms. The lowest BCUT2D eigenvalue weighted by atomic mass is 9.96. The van der Waals surface area contributed by atoms with E-state index in [9.17, 15) is 4.79 Å². The zero-order chi connectivity index (χ0) is 22.0. The quantitative estimate of drug-likeness (QED) is 0.180. The Morgan fingerprint density at radius 3 is 2.19 bits per heavy atom. The van der Waals surface area contributed by atoms with Crippen LogP contribution in [0.15, 0.2) is 29.4 Å². The van der Waals surface area contributed by atoms with Gasteiger partial charge in [-0.3, -0.25) is 0 Å². The predicted octanol–water partition coefficient (Wildman–Crippen LogP) is 6.95. The van der Waals surface area contributed by atoms with E-state index >= 15 is 0 Å². The molecule has 1 aromatic rings. The van der Waals surface area contributed by atoms with E-state index in [2.05, 4.69) is 22.8 Å². The zero-order valence-electron chi connectivity index (χ0n) is 19.5. The van der Waals surface area contributed by atoms with Crippen molar-refractivity contribution in [3.63, 3.8) is 0 Å². The van der Waals surface area contributed by atoms with Gasteiger partial charge in [0.05, 0.1) is 12.8 Å². The van der Waals surface area contributed by atoms with Crippen LogP contribution in [0.3, 0.4) is 0 Å². The summed E-state index contributed by atoms with van der Waals surface area (Å²) < 4.78 is 5.84. The Hall–Kier alpha value is -2.04. The predicted molar refractivity (Wildman–Crippen MR) is 130 cm³/mol. The Bertz CT molecular complexity index is 610. The van der Waals surface area contributed by atoms with Gasteiger partial charge in [-0.25, -0.2) is 10.2 Å². The van der Waals surface area contributed by atoms with Gasteiger partial charge in [-0.2, -0.15) is 5.10 Å². The fraction of sp³-hybridized carbons (Fsp3) is 0.692. The molecule has 2 rings (SSSR count). The van der Waals surface area contributed by atoms with E-state index < -0.39 is 0 Å². The van der Waals surface area contributed by atoms with Crippen molar-refractivity contribution in [3.8, 4) is 5.75 Å². The molecule has 0 aromatic heterocycles. The molecule has 31 heavy (non-hydrogen) atoms. The zero-order valence-corrected chi connectivity index (χ0v) is 19.5. The highest BCUT2D eigenvalue weighted by atomic mass is 16.5. The van der Waals surface area contributed by atoms with Crippen molar-refractivity contribution in [2.75, 3.05) is 6.61 Å². The van der Waals surface area contributed by atoms with Crippen LogP contribution in [0.4, 0.5) is 4.79 Å². The molecule has 2 amide bonds. The van der Waals surface area contributed by atoms with Gasteiger partial charge in [-0.15, -0.1) is 0 Å². The average molecular weight is 430 g/mol. The SMILES string of the molecule is CCCCCCCCCCCCOc1ccc(/C=N\NC(=O)NC2CCCCC2)cc1. The van der Waals surface area contributed by atoms with E-state index in [4.69, 9.17) is 4.74 Å². The molecule has 1 aromatic carbocycles. The van der Waals surface area contributed by atoms with Gasteiger partial charge in [0, 0.05) is 6.04 Å². The van der Waals surface area contributed by atoms with Gasteiger partial charge in [0.1, 0.15) is 5.75 Å². The summed E-state index contributed by atoms with van der Waals surface area (Å²) in [5.41, 5.74) is 3.49. The molecule has 174 valence electrons. The molecule has 1 aliphatic carbocycles. The van der Waals surface area contributed by atoms with Crippen LogP contribution in [0.1, 0.15) is 109 Å². The Morgan fingerprint density at radius 1 is 0.935 bits per heavy atom. The van der Waals surface area contributed by atoms with Crippen LogP contribution in [0.25, 0.3) is 0 Å². The van der Waals surface area contributed by atoms with E-state index in [1.54, 1.807) is 6.21 Å². The first kappa shape index (κ1) is 25.2. The molecule has 0 atom stereocenters. The molecule has 1 aliphatic rings. The molecular formula is C26H43N3O2. The van der Waals surface area contributed by atoms with Crippen molar-refractivity contribution >= 4 is 12.2 Å². The summed E-state index contributed by atoms with van der Waals surface area (Å²) in [5, 5.41) is 7.03. The molecule has 5 nitrogen and oxygen atoms in total. The number of hydrogen-bond acceptors (Lipinski definition) is 3. The number of rotatable bonds is 15. The average Bonchev–Trinajstić information content (AvgIpc) is 2.79. The summed E-state index contributed by atoms with van der Waals surface area (Å²) in [6, 6.07) is 7.89. The largest absolute Gasteiger partial charge is 0.494 e. The molecule has 0 aliphatic heterocycles. The van der Waals surface area contributed by atoms with E-state index in [1.165, 1.54) is 77.0 Å². The van der Waals surface area contributed by atoms with Crippen molar-refractivity contribution in [2.24, 2.45) is 5.10 Å². The molecular weight excluding hydrogens is 386 g/mol. The minimum atomic E-state index is -0.223. The molecule has 1 fully saturated rings. The molecule has 2 N–H and O–H groups in total. The Kier molecular flexibility index (Phi) is 13.5. The lowest BCUT2D eigenvalue weighted by molar-refractivity contribution is 0.233. The summed E-state index contributed by atoms with van der Waals surface area (Å²) in [6.45, 7) is 3.04. The second-order valence-corrected chi connectivity index (χ2v) is 8.78. The maximum Gasteiger partial charge on any atom is 0.335 e. The van der Waals surface area contributed by atoms with Crippen LogP contribution >= 0.6 is 0 Å². The highest BCUT2D eigenvalue weighted by molar-refractivity contribution is 5.82. The van der Waals surface area contributed by atoms with Crippen LogP contribution in [0.2, 0.25) is 0 Å². The van der Waals surface area contributed by atoms with E-state index in [0.29, 0.717) is 0 Å². The molecule has 0 unspecified atom stereocenters.